The van der Waals surface area contributed by atoms with Crippen LogP contribution < -0.4 is 5.73 Å². The smallest absolute Gasteiger partial charge is 0.228 e. The summed E-state index contributed by atoms with van der Waals surface area (Å²) in [5.41, 5.74) is 8.75. The third-order valence-corrected chi connectivity index (χ3v) is 5.10. The fraction of sp³-hybridized carbons (Fsp3) is 0. The minimum absolute atomic E-state index is 0.550. The molecule has 96 valence electrons. The van der Waals surface area contributed by atoms with E-state index in [-0.39, 0.29) is 0 Å². The van der Waals surface area contributed by atoms with Gasteiger partial charge in [0.1, 0.15) is 5.52 Å². The van der Waals surface area contributed by atoms with Gasteiger partial charge in [-0.1, -0.05) is 15.9 Å². The van der Waals surface area contributed by atoms with Crippen LogP contribution in [0.2, 0.25) is 0 Å². The number of nitrogens with zero attached hydrogens (tertiary/aromatic N) is 1. The highest BCUT2D eigenvalue weighted by atomic mass is 79.9. The molecule has 0 fully saturated rings. The van der Waals surface area contributed by atoms with Crippen LogP contribution in [0.5, 0.6) is 0 Å². The van der Waals surface area contributed by atoms with E-state index in [0.717, 1.165) is 24.5 Å². The molecule has 0 saturated carbocycles. The van der Waals surface area contributed by atoms with Crippen molar-refractivity contribution in [1.82, 2.24) is 4.98 Å². The normalized spacial score (nSPS) is 11.1. The number of benzene rings is 2. The molecule has 1 heterocycles. The van der Waals surface area contributed by atoms with Crippen molar-refractivity contribution in [2.24, 2.45) is 0 Å². The summed E-state index contributed by atoms with van der Waals surface area (Å²) in [6.45, 7) is 0. The van der Waals surface area contributed by atoms with Gasteiger partial charge in [-0.15, -0.1) is 0 Å². The molecule has 0 saturated heterocycles. The Morgan fingerprint density at radius 3 is 2.63 bits per heavy atom. The Morgan fingerprint density at radius 1 is 1.05 bits per heavy atom. The first-order chi connectivity index (χ1) is 9.04. The first kappa shape index (κ1) is 13.1. The van der Waals surface area contributed by atoms with Gasteiger partial charge in [0.15, 0.2) is 5.58 Å². The van der Waals surface area contributed by atoms with Crippen LogP contribution in [-0.4, -0.2) is 4.98 Å². The Bertz CT molecular complexity index is 783. The summed E-state index contributed by atoms with van der Waals surface area (Å²) in [7, 11) is 0. The molecule has 19 heavy (non-hydrogen) atoms. The molecule has 0 atom stereocenters. The van der Waals surface area contributed by atoms with Crippen molar-refractivity contribution in [2.75, 3.05) is 5.73 Å². The molecule has 6 heteroatoms. The minimum atomic E-state index is 0.550. The molecule has 0 radical (unpaired) electrons. The Balaban J connectivity index is 2.24. The van der Waals surface area contributed by atoms with Crippen molar-refractivity contribution < 1.29 is 4.42 Å². The summed E-state index contributed by atoms with van der Waals surface area (Å²) in [5.74, 6) is 0.550. The number of hydrogen-bond acceptors (Lipinski definition) is 3. The molecule has 3 rings (SSSR count). The molecule has 3 nitrogen and oxygen atoms in total. The standard InChI is InChI=1S/C13H7Br3N2O/c14-6-3-8(12(16)9(15)4-6)13-18-10-5-7(17)1-2-11(10)19-13/h1-5H,17H2. The quantitative estimate of drug-likeness (QED) is 0.404. The molecule has 0 aliphatic rings. The molecule has 2 N–H and O–H groups in total. The number of anilines is 1. The van der Waals surface area contributed by atoms with Gasteiger partial charge in [-0.3, -0.25) is 0 Å². The number of nitrogen functional groups attached to an aromatic ring is 1. The molecule has 0 spiro atoms. The summed E-state index contributed by atoms with van der Waals surface area (Å²) in [5, 5.41) is 0. The topological polar surface area (TPSA) is 52.0 Å². The van der Waals surface area contributed by atoms with Crippen molar-refractivity contribution in [3.8, 4) is 11.5 Å². The van der Waals surface area contributed by atoms with Crippen LogP contribution in [0, 0.1) is 0 Å². The third kappa shape index (κ3) is 2.44. The zero-order valence-electron chi connectivity index (χ0n) is 9.45. The molecule has 0 unspecified atom stereocenters. The number of aromatic nitrogens is 1. The van der Waals surface area contributed by atoms with E-state index >= 15 is 0 Å². The SMILES string of the molecule is Nc1ccc2oc(-c3cc(Br)cc(Br)c3Br)nc2c1. The number of nitrogens with two attached hydrogens (primary N) is 1. The summed E-state index contributed by atoms with van der Waals surface area (Å²) in [6.07, 6.45) is 0. The first-order valence-corrected chi connectivity index (χ1v) is 7.73. The van der Waals surface area contributed by atoms with Crippen molar-refractivity contribution in [3.05, 3.63) is 43.7 Å². The maximum atomic E-state index is 5.76. The lowest BCUT2D eigenvalue weighted by Crippen LogP contribution is -1.83. The zero-order chi connectivity index (χ0) is 13.6. The molecule has 2 aromatic carbocycles. The van der Waals surface area contributed by atoms with E-state index in [2.05, 4.69) is 52.8 Å². The van der Waals surface area contributed by atoms with Crippen LogP contribution >= 0.6 is 47.8 Å². The summed E-state index contributed by atoms with van der Waals surface area (Å²) in [6, 6.07) is 9.31. The highest BCUT2D eigenvalue weighted by Gasteiger charge is 2.14. The van der Waals surface area contributed by atoms with Crippen molar-refractivity contribution >= 4 is 64.6 Å². The number of oxazole rings is 1. The van der Waals surface area contributed by atoms with Gasteiger partial charge in [-0.05, 0) is 62.2 Å². The Hall–Kier alpha value is -0.850. The maximum absolute atomic E-state index is 5.76. The van der Waals surface area contributed by atoms with Gasteiger partial charge in [0.05, 0.1) is 5.56 Å². The molecular formula is C13H7Br3N2O. The largest absolute Gasteiger partial charge is 0.436 e. The van der Waals surface area contributed by atoms with Crippen molar-refractivity contribution in [3.63, 3.8) is 0 Å². The van der Waals surface area contributed by atoms with Crippen LogP contribution in [0.3, 0.4) is 0 Å². The average Bonchev–Trinajstić information content (AvgIpc) is 2.76. The summed E-state index contributed by atoms with van der Waals surface area (Å²) >= 11 is 10.5. The van der Waals surface area contributed by atoms with Gasteiger partial charge in [-0.25, -0.2) is 4.98 Å². The molecule has 0 aliphatic carbocycles. The lowest BCUT2D eigenvalue weighted by atomic mass is 10.2. The van der Waals surface area contributed by atoms with E-state index in [9.17, 15) is 0 Å². The Morgan fingerprint density at radius 2 is 1.84 bits per heavy atom. The molecule has 0 bridgehead atoms. The minimum Gasteiger partial charge on any atom is -0.436 e. The number of hydrogen-bond donors (Lipinski definition) is 1. The fourth-order valence-electron chi connectivity index (χ4n) is 1.77. The van der Waals surface area contributed by atoms with Gasteiger partial charge in [-0.2, -0.15) is 0 Å². The summed E-state index contributed by atoms with van der Waals surface area (Å²) < 4.78 is 8.53. The van der Waals surface area contributed by atoms with Crippen molar-refractivity contribution in [1.29, 1.82) is 0 Å². The monoisotopic (exact) mass is 444 g/mol. The second kappa shape index (κ2) is 4.92. The lowest BCUT2D eigenvalue weighted by Gasteiger charge is -2.03. The summed E-state index contributed by atoms with van der Waals surface area (Å²) in [4.78, 5) is 4.47. The third-order valence-electron chi connectivity index (χ3n) is 2.64. The molecule has 3 aromatic rings. The fourth-order valence-corrected chi connectivity index (χ4v) is 3.40. The van der Waals surface area contributed by atoms with E-state index in [4.69, 9.17) is 10.2 Å². The lowest BCUT2D eigenvalue weighted by molar-refractivity contribution is 0.619. The van der Waals surface area contributed by atoms with Gasteiger partial charge < -0.3 is 10.2 Å². The maximum Gasteiger partial charge on any atom is 0.228 e. The zero-order valence-corrected chi connectivity index (χ0v) is 14.2. The van der Waals surface area contributed by atoms with E-state index < -0.39 is 0 Å². The molecule has 1 aromatic heterocycles. The van der Waals surface area contributed by atoms with Crippen LogP contribution in [-0.2, 0) is 0 Å². The van der Waals surface area contributed by atoms with Gasteiger partial charge in [0.2, 0.25) is 5.89 Å². The highest BCUT2D eigenvalue weighted by molar-refractivity contribution is 9.13. The van der Waals surface area contributed by atoms with Crippen LogP contribution in [0.4, 0.5) is 5.69 Å². The molecule has 0 aliphatic heterocycles. The Labute approximate surface area is 134 Å². The van der Waals surface area contributed by atoms with Crippen LogP contribution in [0.1, 0.15) is 0 Å². The average molecular weight is 447 g/mol. The van der Waals surface area contributed by atoms with E-state index in [1.807, 2.05) is 18.2 Å². The number of rotatable bonds is 1. The predicted octanol–water partition coefficient (Wildman–Crippen LogP) is 5.36. The number of halogens is 3. The second-order valence-corrected chi connectivity index (χ2v) is 6.56. The molecular weight excluding hydrogens is 440 g/mol. The first-order valence-electron chi connectivity index (χ1n) is 5.35. The molecule has 0 amide bonds. The van der Waals surface area contributed by atoms with Gasteiger partial charge in [0.25, 0.3) is 0 Å². The highest BCUT2D eigenvalue weighted by Crippen LogP contribution is 2.37. The number of fused-ring (bicyclic) bond motifs is 1. The van der Waals surface area contributed by atoms with Crippen LogP contribution in [0.25, 0.3) is 22.6 Å². The van der Waals surface area contributed by atoms with Crippen molar-refractivity contribution in [2.45, 2.75) is 0 Å². The predicted molar refractivity (Wildman–Crippen MR) is 87.0 cm³/mol. The second-order valence-electron chi connectivity index (χ2n) is 4.00. The van der Waals surface area contributed by atoms with E-state index in [1.165, 1.54) is 0 Å². The van der Waals surface area contributed by atoms with Gasteiger partial charge in [0, 0.05) is 19.1 Å². The Kier molecular flexibility index (Phi) is 3.41. The van der Waals surface area contributed by atoms with E-state index in [0.29, 0.717) is 17.2 Å². The van der Waals surface area contributed by atoms with E-state index in [1.54, 1.807) is 12.1 Å². The van der Waals surface area contributed by atoms with Crippen LogP contribution in [0.15, 0.2) is 48.2 Å². The van der Waals surface area contributed by atoms with Gasteiger partial charge >= 0.3 is 0 Å².